The zero-order valence-electron chi connectivity index (χ0n) is 23.7. The molecule has 0 radical (unpaired) electrons. The fourth-order valence-electron chi connectivity index (χ4n) is 7.49. The van der Waals surface area contributed by atoms with Crippen molar-refractivity contribution >= 4 is 11.9 Å². The van der Waals surface area contributed by atoms with Gasteiger partial charge in [-0.3, -0.25) is 9.69 Å². The molecule has 0 N–H and O–H groups in total. The van der Waals surface area contributed by atoms with Crippen molar-refractivity contribution in [3.05, 3.63) is 35.1 Å². The van der Waals surface area contributed by atoms with Crippen LogP contribution < -0.4 is 9.47 Å². The van der Waals surface area contributed by atoms with Gasteiger partial charge in [0.25, 0.3) is 0 Å². The summed E-state index contributed by atoms with van der Waals surface area (Å²) in [5.41, 5.74) is 0.0604. The first kappa shape index (κ1) is 26.4. The van der Waals surface area contributed by atoms with Crippen LogP contribution in [0.25, 0.3) is 0 Å². The number of amides is 1. The van der Waals surface area contributed by atoms with Crippen LogP contribution in [0.5, 0.6) is 11.5 Å². The number of carbonyl (C=O) groups is 2. The van der Waals surface area contributed by atoms with Gasteiger partial charge in [-0.2, -0.15) is 0 Å². The molecule has 4 aliphatic heterocycles. The molecule has 212 valence electrons. The van der Waals surface area contributed by atoms with Gasteiger partial charge in [0.15, 0.2) is 23.2 Å². The number of fused-ring (bicyclic) bond motifs is 3. The highest BCUT2D eigenvalue weighted by Gasteiger charge is 2.59. The molecule has 39 heavy (non-hydrogen) atoms. The van der Waals surface area contributed by atoms with Gasteiger partial charge < -0.3 is 28.6 Å². The summed E-state index contributed by atoms with van der Waals surface area (Å²) in [7, 11) is 5.03. The molecule has 4 heterocycles. The van der Waals surface area contributed by atoms with Gasteiger partial charge in [-0.05, 0) is 88.3 Å². The Kier molecular flexibility index (Phi) is 6.38. The Morgan fingerprint density at radius 2 is 1.85 bits per heavy atom. The van der Waals surface area contributed by atoms with Gasteiger partial charge in [0.1, 0.15) is 5.76 Å². The van der Waals surface area contributed by atoms with Crippen molar-refractivity contribution in [1.29, 1.82) is 0 Å². The zero-order valence-corrected chi connectivity index (χ0v) is 23.7. The van der Waals surface area contributed by atoms with E-state index in [1.165, 1.54) is 10.5 Å². The third-order valence-corrected chi connectivity index (χ3v) is 9.34. The van der Waals surface area contributed by atoms with Crippen LogP contribution >= 0.6 is 0 Å². The first-order valence-electron chi connectivity index (χ1n) is 14.1. The van der Waals surface area contributed by atoms with Crippen LogP contribution in [-0.2, 0) is 30.2 Å². The smallest absolute Gasteiger partial charge is 0.339 e. The summed E-state index contributed by atoms with van der Waals surface area (Å²) in [4.78, 5) is 31.2. The van der Waals surface area contributed by atoms with E-state index in [1.54, 1.807) is 21.2 Å². The van der Waals surface area contributed by atoms with Crippen LogP contribution in [0.2, 0.25) is 0 Å². The predicted molar refractivity (Wildman–Crippen MR) is 143 cm³/mol. The number of carbonyl (C=O) groups excluding carboxylic acids is 2. The summed E-state index contributed by atoms with van der Waals surface area (Å²) in [6.45, 7) is 6.02. The van der Waals surface area contributed by atoms with Crippen LogP contribution in [0.4, 0.5) is 0 Å². The van der Waals surface area contributed by atoms with Crippen LogP contribution in [-0.4, -0.2) is 85.6 Å². The maximum atomic E-state index is 14.3. The molecular weight excluding hydrogens is 500 g/mol. The minimum absolute atomic E-state index is 0.0573. The second-order valence-corrected chi connectivity index (χ2v) is 12.5. The molecular formula is C30H40N2O7. The van der Waals surface area contributed by atoms with Crippen molar-refractivity contribution in [1.82, 2.24) is 9.80 Å². The van der Waals surface area contributed by atoms with Crippen molar-refractivity contribution in [2.24, 2.45) is 0 Å². The van der Waals surface area contributed by atoms with Crippen molar-refractivity contribution in [3.63, 3.8) is 0 Å². The second kappa shape index (κ2) is 9.41. The lowest BCUT2D eigenvalue weighted by atomic mass is 9.77. The molecule has 2 fully saturated rings. The van der Waals surface area contributed by atoms with Gasteiger partial charge in [0.2, 0.25) is 12.7 Å². The average Bonchev–Trinajstić information content (AvgIpc) is 3.57. The third-order valence-electron chi connectivity index (χ3n) is 9.34. The Labute approximate surface area is 230 Å². The summed E-state index contributed by atoms with van der Waals surface area (Å²) in [5.74, 6) is 1.29. The second-order valence-electron chi connectivity index (χ2n) is 12.5. The fraction of sp³-hybridized carbons (Fsp3) is 0.667. The normalized spacial score (nSPS) is 32.4. The molecule has 2 saturated heterocycles. The van der Waals surface area contributed by atoms with Crippen LogP contribution in [0.15, 0.2) is 24.0 Å². The van der Waals surface area contributed by atoms with Crippen molar-refractivity contribution in [2.45, 2.75) is 87.6 Å². The monoisotopic (exact) mass is 540 g/mol. The third kappa shape index (κ3) is 4.29. The Balaban J connectivity index is 1.41. The van der Waals surface area contributed by atoms with Gasteiger partial charge >= 0.3 is 5.97 Å². The molecule has 1 spiro atoms. The summed E-state index contributed by atoms with van der Waals surface area (Å²) in [6.07, 6.45) is 6.37. The lowest BCUT2D eigenvalue weighted by Gasteiger charge is -2.44. The highest BCUT2D eigenvalue weighted by atomic mass is 16.7. The molecule has 1 amide bonds. The van der Waals surface area contributed by atoms with E-state index in [0.717, 1.165) is 62.3 Å². The Bertz CT molecular complexity index is 1210. The lowest BCUT2D eigenvalue weighted by molar-refractivity contribution is -0.214. The summed E-state index contributed by atoms with van der Waals surface area (Å²) >= 11 is 0. The van der Waals surface area contributed by atoms with Crippen molar-refractivity contribution in [2.75, 3.05) is 41.1 Å². The molecule has 0 aromatic heterocycles. The number of hydrogen-bond acceptors (Lipinski definition) is 8. The number of esters is 1. The van der Waals surface area contributed by atoms with E-state index < -0.39 is 23.3 Å². The standard InChI is InChI=1S/C30H40N2O7/c1-28(2)9-6-11-30(39-28,17-24(33)31(3)4)27(34)38-26-23(35-5)16-29-10-7-12-32(29)13-8-19-14-21-22(37-18-36-21)15-20(19)25(26)29/h14-16,25-26H,6-13,17-18H2,1-5H3/t25-,26?,29+,30+/m1/s1. The van der Waals surface area contributed by atoms with E-state index in [9.17, 15) is 9.59 Å². The molecule has 1 aliphatic carbocycles. The average molecular weight is 541 g/mol. The lowest BCUT2D eigenvalue weighted by Crippen LogP contribution is -2.55. The number of benzene rings is 1. The molecule has 1 aromatic rings. The van der Waals surface area contributed by atoms with Gasteiger partial charge in [0.05, 0.1) is 30.6 Å². The van der Waals surface area contributed by atoms with Crippen LogP contribution in [0.1, 0.15) is 69.4 Å². The summed E-state index contributed by atoms with van der Waals surface area (Å²) in [6, 6.07) is 4.16. The molecule has 4 atom stereocenters. The molecule has 9 heteroatoms. The van der Waals surface area contributed by atoms with E-state index in [-0.39, 0.29) is 30.6 Å². The van der Waals surface area contributed by atoms with Gasteiger partial charge in [0, 0.05) is 20.6 Å². The van der Waals surface area contributed by atoms with Crippen LogP contribution in [0.3, 0.4) is 0 Å². The fourth-order valence-corrected chi connectivity index (χ4v) is 7.49. The number of hydrogen-bond donors (Lipinski definition) is 0. The van der Waals surface area contributed by atoms with E-state index in [0.29, 0.717) is 12.2 Å². The Morgan fingerprint density at radius 1 is 1.08 bits per heavy atom. The van der Waals surface area contributed by atoms with E-state index in [4.69, 9.17) is 23.7 Å². The van der Waals surface area contributed by atoms with Crippen molar-refractivity contribution in [3.8, 4) is 11.5 Å². The Morgan fingerprint density at radius 3 is 2.56 bits per heavy atom. The molecule has 6 rings (SSSR count). The number of ether oxygens (including phenoxy) is 5. The predicted octanol–water partition coefficient (Wildman–Crippen LogP) is 3.54. The Hall–Kier alpha value is -2.78. The van der Waals surface area contributed by atoms with Crippen LogP contribution in [0, 0.1) is 0 Å². The molecule has 0 bridgehead atoms. The van der Waals surface area contributed by atoms with E-state index >= 15 is 0 Å². The number of nitrogens with zero attached hydrogens (tertiary/aromatic N) is 2. The van der Waals surface area contributed by atoms with Crippen molar-refractivity contribution < 1.29 is 33.3 Å². The van der Waals surface area contributed by atoms with E-state index in [1.807, 2.05) is 13.8 Å². The quantitative estimate of drug-likeness (QED) is 0.525. The first-order chi connectivity index (χ1) is 18.6. The van der Waals surface area contributed by atoms with E-state index in [2.05, 4.69) is 23.1 Å². The molecule has 1 aromatic carbocycles. The minimum atomic E-state index is -1.35. The minimum Gasteiger partial charge on any atom is -0.497 e. The van der Waals surface area contributed by atoms with Gasteiger partial charge in [-0.25, -0.2) is 4.79 Å². The van der Waals surface area contributed by atoms with Gasteiger partial charge in [-0.1, -0.05) is 0 Å². The number of methoxy groups -OCH3 is 1. The molecule has 9 nitrogen and oxygen atoms in total. The van der Waals surface area contributed by atoms with Gasteiger partial charge in [-0.15, -0.1) is 0 Å². The number of rotatable bonds is 5. The molecule has 1 unspecified atom stereocenters. The largest absolute Gasteiger partial charge is 0.497 e. The maximum absolute atomic E-state index is 14.3. The SMILES string of the molecule is COC1=C[C@]23CCCN2CCc2cc4c(cc2[C@@H]3C1OC(=O)[C@@]1(CC(=O)N(C)C)CCCC(C)(C)O1)OCO4. The summed E-state index contributed by atoms with van der Waals surface area (Å²) in [5, 5.41) is 0. The molecule has 5 aliphatic rings. The zero-order chi connectivity index (χ0) is 27.6. The first-order valence-corrected chi connectivity index (χ1v) is 14.1. The highest BCUT2D eigenvalue weighted by Crippen LogP contribution is 2.56. The summed E-state index contributed by atoms with van der Waals surface area (Å²) < 4.78 is 30.4. The maximum Gasteiger partial charge on any atom is 0.339 e. The highest BCUT2D eigenvalue weighted by molar-refractivity contribution is 5.88. The topological polar surface area (TPSA) is 86.8 Å². The molecule has 0 saturated carbocycles.